The molecular formula is C28H29ClN4OS2. The minimum absolute atomic E-state index is 0.000280. The van der Waals surface area contributed by atoms with Crippen molar-refractivity contribution in [2.45, 2.75) is 55.9 Å². The van der Waals surface area contributed by atoms with E-state index >= 15 is 0 Å². The minimum Gasteiger partial charge on any atom is -0.487 e. The molecule has 8 heteroatoms. The number of fused-ring (bicyclic) bond motifs is 1. The van der Waals surface area contributed by atoms with E-state index in [-0.39, 0.29) is 12.0 Å². The molecule has 0 fully saturated rings. The number of pyridine rings is 2. The van der Waals surface area contributed by atoms with E-state index < -0.39 is 0 Å². The third-order valence-corrected chi connectivity index (χ3v) is 7.82. The van der Waals surface area contributed by atoms with Gasteiger partial charge in [0, 0.05) is 57.1 Å². The largest absolute Gasteiger partial charge is 0.487 e. The summed E-state index contributed by atoms with van der Waals surface area (Å²) in [6.07, 6.45) is 9.19. The smallest absolute Gasteiger partial charge is 0.154 e. The van der Waals surface area contributed by atoms with E-state index in [2.05, 4.69) is 37.7 Å². The highest BCUT2D eigenvalue weighted by Crippen LogP contribution is 2.38. The third-order valence-electron chi connectivity index (χ3n) is 5.48. The zero-order valence-electron chi connectivity index (χ0n) is 21.1. The number of halogens is 1. The monoisotopic (exact) mass is 536 g/mol. The van der Waals surface area contributed by atoms with Crippen LogP contribution in [-0.2, 0) is 12.0 Å². The van der Waals surface area contributed by atoms with Crippen LogP contribution >= 0.6 is 34.7 Å². The van der Waals surface area contributed by atoms with Gasteiger partial charge in [-0.2, -0.15) is 0 Å². The van der Waals surface area contributed by atoms with Crippen molar-refractivity contribution >= 4 is 51.3 Å². The standard InChI is InChI=1S/C28H29ClN4OS2/c1-7-12-33(8-2)22-13-18(3)31-26-19(22)10-9-11-23(26)34-16-20-21(29)14-30-15-24(20)36-27-32-25(17-35-27)28(4,5)6/h7-15,17H,2,16H2,1,3-6H3/b12-7-. The van der Waals surface area contributed by atoms with Crippen LogP contribution in [0.2, 0.25) is 5.02 Å². The fourth-order valence-corrected chi connectivity index (χ4v) is 6.01. The number of benzene rings is 1. The molecule has 36 heavy (non-hydrogen) atoms. The van der Waals surface area contributed by atoms with Gasteiger partial charge in [0.2, 0.25) is 0 Å². The number of anilines is 1. The normalized spacial score (nSPS) is 11.8. The van der Waals surface area contributed by atoms with Gasteiger partial charge in [-0.15, -0.1) is 11.3 Å². The van der Waals surface area contributed by atoms with E-state index in [1.807, 2.05) is 61.5 Å². The summed E-state index contributed by atoms with van der Waals surface area (Å²) >= 11 is 9.78. The lowest BCUT2D eigenvalue weighted by molar-refractivity contribution is 0.306. The molecule has 3 aromatic heterocycles. The van der Waals surface area contributed by atoms with Gasteiger partial charge >= 0.3 is 0 Å². The second-order valence-corrected chi connectivity index (χ2v) is 11.8. The molecule has 3 heterocycles. The molecule has 5 nitrogen and oxygen atoms in total. The summed E-state index contributed by atoms with van der Waals surface area (Å²) in [5.41, 5.74) is 4.62. The van der Waals surface area contributed by atoms with Crippen molar-refractivity contribution in [1.29, 1.82) is 0 Å². The highest BCUT2D eigenvalue weighted by Gasteiger charge is 2.19. The van der Waals surface area contributed by atoms with Crippen molar-refractivity contribution < 1.29 is 4.74 Å². The molecule has 0 aliphatic heterocycles. The van der Waals surface area contributed by atoms with Crippen molar-refractivity contribution in [3.63, 3.8) is 0 Å². The molecule has 1 aromatic carbocycles. The molecule has 186 valence electrons. The summed E-state index contributed by atoms with van der Waals surface area (Å²) in [6.45, 7) is 14.7. The third kappa shape index (κ3) is 5.75. The SMILES string of the molecule is C=CN(/C=C\C)c1cc(C)nc2c(OCc3c(Cl)cncc3Sc3nc(C(C)(C)C)cs3)cccc12. The van der Waals surface area contributed by atoms with Crippen LogP contribution in [0.1, 0.15) is 44.6 Å². The summed E-state index contributed by atoms with van der Waals surface area (Å²) in [6, 6.07) is 8.00. The molecule has 0 atom stereocenters. The molecular weight excluding hydrogens is 508 g/mol. The second-order valence-electron chi connectivity index (χ2n) is 9.24. The van der Waals surface area contributed by atoms with Crippen LogP contribution in [0.15, 0.2) is 76.3 Å². The zero-order valence-corrected chi connectivity index (χ0v) is 23.5. The Morgan fingerprint density at radius 3 is 2.72 bits per heavy atom. The maximum absolute atomic E-state index is 6.59. The number of hydrogen-bond donors (Lipinski definition) is 0. The Balaban J connectivity index is 1.66. The Morgan fingerprint density at radius 2 is 2.03 bits per heavy atom. The molecule has 4 rings (SSSR count). The van der Waals surface area contributed by atoms with Crippen LogP contribution < -0.4 is 9.64 Å². The van der Waals surface area contributed by atoms with Gasteiger partial charge in [-0.3, -0.25) is 4.98 Å². The van der Waals surface area contributed by atoms with E-state index in [9.17, 15) is 0 Å². The number of thiazole rings is 1. The van der Waals surface area contributed by atoms with Gasteiger partial charge in [-0.25, -0.2) is 9.97 Å². The topological polar surface area (TPSA) is 51.1 Å². The number of nitrogens with zero attached hydrogens (tertiary/aromatic N) is 4. The Hall–Kier alpha value is -2.87. The molecule has 0 N–H and O–H groups in total. The average Bonchev–Trinajstić information content (AvgIpc) is 3.31. The van der Waals surface area contributed by atoms with Gasteiger partial charge in [-0.05, 0) is 26.0 Å². The zero-order chi connectivity index (χ0) is 25.9. The van der Waals surface area contributed by atoms with Crippen LogP contribution in [0.3, 0.4) is 0 Å². The summed E-state index contributed by atoms with van der Waals surface area (Å²) in [4.78, 5) is 16.8. The Labute approximate surface area is 225 Å². The minimum atomic E-state index is 0.000280. The number of hydrogen-bond acceptors (Lipinski definition) is 7. The fraction of sp³-hybridized carbons (Fsp3) is 0.250. The van der Waals surface area contributed by atoms with E-state index in [0.717, 1.165) is 42.8 Å². The lowest BCUT2D eigenvalue weighted by Gasteiger charge is -2.19. The maximum Gasteiger partial charge on any atom is 0.154 e. The predicted molar refractivity (Wildman–Crippen MR) is 152 cm³/mol. The van der Waals surface area contributed by atoms with Gasteiger partial charge in [-0.1, -0.05) is 68.9 Å². The lowest BCUT2D eigenvalue weighted by atomic mass is 9.93. The first-order chi connectivity index (χ1) is 17.2. The number of ether oxygens (including phenoxy) is 1. The Kier molecular flexibility index (Phi) is 8.03. The van der Waals surface area contributed by atoms with E-state index in [1.54, 1.807) is 35.5 Å². The molecule has 0 saturated heterocycles. The van der Waals surface area contributed by atoms with Crippen LogP contribution in [0.4, 0.5) is 5.69 Å². The second kappa shape index (κ2) is 11.0. The molecule has 4 aromatic rings. The molecule has 0 radical (unpaired) electrons. The van der Waals surface area contributed by atoms with E-state index in [0.29, 0.717) is 10.8 Å². The number of aryl methyl sites for hydroxylation is 1. The summed E-state index contributed by atoms with van der Waals surface area (Å²) in [5, 5.41) is 3.64. The van der Waals surface area contributed by atoms with Crippen LogP contribution in [0.5, 0.6) is 5.75 Å². The number of para-hydroxylation sites is 1. The van der Waals surface area contributed by atoms with Gasteiger partial charge in [0.15, 0.2) is 4.34 Å². The van der Waals surface area contributed by atoms with Crippen molar-refractivity contribution in [3.8, 4) is 5.75 Å². The first-order valence-corrected chi connectivity index (χ1v) is 13.6. The first kappa shape index (κ1) is 26.2. The van der Waals surface area contributed by atoms with Crippen molar-refractivity contribution in [2.24, 2.45) is 0 Å². The van der Waals surface area contributed by atoms with Crippen LogP contribution in [0.25, 0.3) is 10.9 Å². The summed E-state index contributed by atoms with van der Waals surface area (Å²) < 4.78 is 7.29. The van der Waals surface area contributed by atoms with Crippen molar-refractivity contribution in [3.05, 3.63) is 89.1 Å². The maximum atomic E-state index is 6.59. The molecule has 0 bridgehead atoms. The van der Waals surface area contributed by atoms with Crippen LogP contribution in [0, 0.1) is 6.92 Å². The molecule has 0 aliphatic rings. The quantitative estimate of drug-likeness (QED) is 0.225. The molecule has 0 aliphatic carbocycles. The Morgan fingerprint density at radius 1 is 1.22 bits per heavy atom. The Bertz CT molecular complexity index is 1430. The molecule has 0 spiro atoms. The number of allylic oxidation sites excluding steroid dienone is 1. The predicted octanol–water partition coefficient (Wildman–Crippen LogP) is 8.56. The highest BCUT2D eigenvalue weighted by molar-refractivity contribution is 8.01. The molecule has 0 amide bonds. The van der Waals surface area contributed by atoms with Crippen molar-refractivity contribution in [2.75, 3.05) is 4.90 Å². The van der Waals surface area contributed by atoms with E-state index in [1.165, 1.54) is 0 Å². The number of aromatic nitrogens is 3. The van der Waals surface area contributed by atoms with Gasteiger partial charge < -0.3 is 9.64 Å². The highest BCUT2D eigenvalue weighted by atomic mass is 35.5. The van der Waals surface area contributed by atoms with Crippen molar-refractivity contribution in [1.82, 2.24) is 15.0 Å². The van der Waals surface area contributed by atoms with Gasteiger partial charge in [0.25, 0.3) is 0 Å². The van der Waals surface area contributed by atoms with Gasteiger partial charge in [0.05, 0.1) is 16.4 Å². The number of rotatable bonds is 8. The average molecular weight is 537 g/mol. The van der Waals surface area contributed by atoms with Crippen LogP contribution in [-0.4, -0.2) is 15.0 Å². The first-order valence-electron chi connectivity index (χ1n) is 11.5. The molecule has 0 unspecified atom stereocenters. The fourth-order valence-electron chi connectivity index (χ4n) is 3.62. The summed E-state index contributed by atoms with van der Waals surface area (Å²) in [5.74, 6) is 0.690. The molecule has 0 saturated carbocycles. The lowest BCUT2D eigenvalue weighted by Crippen LogP contribution is -2.11. The van der Waals surface area contributed by atoms with Gasteiger partial charge in [0.1, 0.15) is 17.9 Å². The van der Waals surface area contributed by atoms with E-state index in [4.69, 9.17) is 26.3 Å². The summed E-state index contributed by atoms with van der Waals surface area (Å²) in [7, 11) is 0.